The SMILES string of the molecule is CCCC(CC(=O)OC)n1c(=O)n(Cc2cc(Br)cc3c2cc(OC(=O)OC(C)(C)C)n3C(=O)OC(C)(C)C)c2ccccc21. The molecule has 1 atom stereocenters. The van der Waals surface area contributed by atoms with E-state index in [0.717, 1.165) is 6.42 Å². The van der Waals surface area contributed by atoms with Gasteiger partial charge in [0.15, 0.2) is 0 Å². The first-order valence-electron chi connectivity index (χ1n) is 14.8. The third-order valence-corrected chi connectivity index (χ3v) is 7.36. The molecule has 2 aromatic heterocycles. The van der Waals surface area contributed by atoms with E-state index in [4.69, 9.17) is 18.9 Å². The molecule has 0 saturated carbocycles. The number of esters is 1. The number of imidazole rings is 1. The van der Waals surface area contributed by atoms with Crippen molar-refractivity contribution in [1.29, 1.82) is 0 Å². The molecule has 0 bridgehead atoms. The number of hydrogen-bond acceptors (Lipinski definition) is 8. The summed E-state index contributed by atoms with van der Waals surface area (Å²) in [5.74, 6) is -0.490. The van der Waals surface area contributed by atoms with Crippen molar-refractivity contribution in [2.75, 3.05) is 7.11 Å². The second-order valence-electron chi connectivity index (χ2n) is 12.8. The fourth-order valence-electron chi connectivity index (χ4n) is 5.21. The number of ether oxygens (including phenoxy) is 4. The first kappa shape index (κ1) is 33.8. The monoisotopic (exact) mass is 685 g/mol. The van der Waals surface area contributed by atoms with Crippen molar-refractivity contribution < 1.29 is 33.3 Å². The first-order valence-corrected chi connectivity index (χ1v) is 15.6. The van der Waals surface area contributed by atoms with Gasteiger partial charge in [-0.15, -0.1) is 0 Å². The fraction of sp³-hybridized carbons (Fsp3) is 0.455. The molecular formula is C33H40BrN3O8. The molecule has 11 nitrogen and oxygen atoms in total. The van der Waals surface area contributed by atoms with Crippen molar-refractivity contribution in [2.24, 2.45) is 0 Å². The molecule has 0 aliphatic heterocycles. The zero-order valence-corrected chi connectivity index (χ0v) is 28.5. The van der Waals surface area contributed by atoms with Crippen molar-refractivity contribution in [3.63, 3.8) is 0 Å². The Morgan fingerprint density at radius 1 is 0.911 bits per heavy atom. The predicted molar refractivity (Wildman–Crippen MR) is 174 cm³/mol. The zero-order chi connectivity index (χ0) is 33.3. The molecule has 0 amide bonds. The number of fused-ring (bicyclic) bond motifs is 2. The van der Waals surface area contributed by atoms with Crippen LogP contribution in [-0.2, 0) is 25.5 Å². The number of halogens is 1. The van der Waals surface area contributed by atoms with E-state index in [2.05, 4.69) is 15.9 Å². The molecule has 0 radical (unpaired) electrons. The van der Waals surface area contributed by atoms with Crippen LogP contribution in [0.25, 0.3) is 21.9 Å². The van der Waals surface area contributed by atoms with Crippen LogP contribution in [0, 0.1) is 0 Å². The van der Waals surface area contributed by atoms with Gasteiger partial charge in [0.05, 0.1) is 36.6 Å². The lowest BCUT2D eigenvalue weighted by Crippen LogP contribution is -2.29. The number of para-hydroxylation sites is 2. The van der Waals surface area contributed by atoms with E-state index < -0.39 is 35.5 Å². The van der Waals surface area contributed by atoms with Crippen LogP contribution >= 0.6 is 15.9 Å². The van der Waals surface area contributed by atoms with Gasteiger partial charge in [-0.1, -0.05) is 41.4 Å². The van der Waals surface area contributed by atoms with Gasteiger partial charge in [0, 0.05) is 22.0 Å². The Bertz CT molecular complexity index is 1800. The maximum absolute atomic E-state index is 14.1. The molecule has 0 aliphatic rings. The Hall–Kier alpha value is -4.06. The third kappa shape index (κ3) is 7.78. The van der Waals surface area contributed by atoms with E-state index in [1.54, 1.807) is 62.8 Å². The number of carbonyl (C=O) groups excluding carboxylic acids is 3. The van der Waals surface area contributed by atoms with Crippen LogP contribution < -0.4 is 10.4 Å². The molecule has 1 unspecified atom stereocenters. The van der Waals surface area contributed by atoms with Gasteiger partial charge < -0.3 is 18.9 Å². The molecule has 0 spiro atoms. The summed E-state index contributed by atoms with van der Waals surface area (Å²) < 4.78 is 26.6. The molecule has 0 saturated heterocycles. The fourth-order valence-corrected chi connectivity index (χ4v) is 5.71. The van der Waals surface area contributed by atoms with Crippen molar-refractivity contribution in [1.82, 2.24) is 13.7 Å². The Kier molecular flexibility index (Phi) is 9.86. The normalized spacial score (nSPS) is 12.7. The van der Waals surface area contributed by atoms with Crippen molar-refractivity contribution in [3.8, 4) is 5.88 Å². The van der Waals surface area contributed by atoms with E-state index in [1.165, 1.54) is 11.7 Å². The third-order valence-electron chi connectivity index (χ3n) is 6.91. The molecule has 0 N–H and O–H groups in total. The molecule has 242 valence electrons. The standard InChI is InChI=1S/C33H40BrN3O8/c1-9-12-22(17-28(38)42-8)36-25-14-11-10-13-24(25)35(29(36)39)19-20-15-21(34)16-26-23(20)18-27(43-31(41)45-33(5,6)7)37(26)30(40)44-32(2,3)4/h10-11,13-16,18,22H,9,12,17,19H2,1-8H3. The molecule has 2 heterocycles. The summed E-state index contributed by atoms with van der Waals surface area (Å²) in [5.41, 5.74) is 0.491. The lowest BCUT2D eigenvalue weighted by Gasteiger charge is -2.21. The van der Waals surface area contributed by atoms with Gasteiger partial charge >= 0.3 is 23.9 Å². The number of methoxy groups -OCH3 is 1. The Labute approximate surface area is 270 Å². The average Bonchev–Trinajstić information content (AvgIpc) is 3.40. The van der Waals surface area contributed by atoms with Gasteiger partial charge in [-0.2, -0.15) is 0 Å². The smallest absolute Gasteiger partial charge is 0.469 e. The van der Waals surface area contributed by atoms with E-state index in [1.807, 2.05) is 37.3 Å². The second-order valence-corrected chi connectivity index (χ2v) is 13.7. The average molecular weight is 687 g/mol. The summed E-state index contributed by atoms with van der Waals surface area (Å²) in [5, 5.41) is 0.561. The van der Waals surface area contributed by atoms with Gasteiger partial charge in [-0.05, 0) is 77.8 Å². The van der Waals surface area contributed by atoms with Gasteiger partial charge in [0.1, 0.15) is 11.2 Å². The molecule has 0 aliphatic carbocycles. The highest BCUT2D eigenvalue weighted by Gasteiger charge is 2.28. The highest BCUT2D eigenvalue weighted by molar-refractivity contribution is 9.10. The summed E-state index contributed by atoms with van der Waals surface area (Å²) in [4.78, 5) is 52.6. The first-order chi connectivity index (χ1) is 21.0. The Morgan fingerprint density at radius 3 is 2.16 bits per heavy atom. The lowest BCUT2D eigenvalue weighted by atomic mass is 10.1. The van der Waals surface area contributed by atoms with Crippen LogP contribution in [0.2, 0.25) is 0 Å². The topological polar surface area (TPSA) is 120 Å². The minimum Gasteiger partial charge on any atom is -0.469 e. The summed E-state index contributed by atoms with van der Waals surface area (Å²) in [6.45, 7) is 12.4. The number of carbonyl (C=O) groups is 3. The second kappa shape index (κ2) is 13.1. The van der Waals surface area contributed by atoms with Crippen LogP contribution in [0.5, 0.6) is 5.88 Å². The van der Waals surface area contributed by atoms with E-state index >= 15 is 0 Å². The van der Waals surface area contributed by atoms with Crippen molar-refractivity contribution in [2.45, 2.75) is 91.5 Å². The minimum absolute atomic E-state index is 0.0590. The largest absolute Gasteiger partial charge is 0.515 e. The predicted octanol–water partition coefficient (Wildman–Crippen LogP) is 7.57. The summed E-state index contributed by atoms with van der Waals surface area (Å²) in [6, 6.07) is 12.1. The number of benzene rings is 2. The Balaban J connectivity index is 1.90. The van der Waals surface area contributed by atoms with E-state index in [9.17, 15) is 19.2 Å². The lowest BCUT2D eigenvalue weighted by molar-refractivity contribution is -0.141. The maximum Gasteiger partial charge on any atom is 0.515 e. The van der Waals surface area contributed by atoms with Gasteiger partial charge in [-0.3, -0.25) is 13.9 Å². The number of nitrogens with zero attached hydrogens (tertiary/aromatic N) is 3. The molecule has 2 aromatic carbocycles. The van der Waals surface area contributed by atoms with Crippen LogP contribution in [-0.4, -0.2) is 50.2 Å². The molecular weight excluding hydrogens is 646 g/mol. The van der Waals surface area contributed by atoms with E-state index in [-0.39, 0.29) is 24.5 Å². The zero-order valence-electron chi connectivity index (χ0n) is 26.9. The molecule has 4 rings (SSSR count). The summed E-state index contributed by atoms with van der Waals surface area (Å²) in [6.07, 6.45) is -0.308. The molecule has 0 fully saturated rings. The quantitative estimate of drug-likeness (QED) is 0.138. The van der Waals surface area contributed by atoms with Crippen LogP contribution in [0.1, 0.15) is 79.3 Å². The summed E-state index contributed by atoms with van der Waals surface area (Å²) >= 11 is 3.55. The van der Waals surface area contributed by atoms with E-state index in [0.29, 0.717) is 38.4 Å². The summed E-state index contributed by atoms with van der Waals surface area (Å²) in [7, 11) is 1.33. The van der Waals surface area contributed by atoms with Crippen LogP contribution in [0.15, 0.2) is 51.7 Å². The maximum atomic E-state index is 14.1. The van der Waals surface area contributed by atoms with Crippen LogP contribution in [0.4, 0.5) is 9.59 Å². The Morgan fingerprint density at radius 2 is 1.56 bits per heavy atom. The molecule has 45 heavy (non-hydrogen) atoms. The molecule has 4 aromatic rings. The number of aromatic nitrogens is 3. The highest BCUT2D eigenvalue weighted by atomic mass is 79.9. The van der Waals surface area contributed by atoms with Gasteiger partial charge in [-0.25, -0.2) is 19.0 Å². The van der Waals surface area contributed by atoms with Gasteiger partial charge in [0.25, 0.3) is 0 Å². The van der Waals surface area contributed by atoms with Gasteiger partial charge in [0.2, 0.25) is 5.88 Å². The van der Waals surface area contributed by atoms with Crippen LogP contribution in [0.3, 0.4) is 0 Å². The highest BCUT2D eigenvalue weighted by Crippen LogP contribution is 2.34. The van der Waals surface area contributed by atoms with Crippen molar-refractivity contribution >= 4 is 56.1 Å². The van der Waals surface area contributed by atoms with Crippen molar-refractivity contribution in [3.05, 3.63) is 63.0 Å². The number of rotatable bonds is 8. The molecule has 12 heteroatoms. The number of hydrogen-bond donors (Lipinski definition) is 0. The minimum atomic E-state index is -0.984.